The van der Waals surface area contributed by atoms with E-state index in [0.717, 1.165) is 0 Å². The quantitative estimate of drug-likeness (QED) is 0.845. The first-order chi connectivity index (χ1) is 9.50. The molecule has 0 spiro atoms. The topological polar surface area (TPSA) is 79.3 Å². The van der Waals surface area contributed by atoms with Gasteiger partial charge in [0.15, 0.2) is 0 Å². The third kappa shape index (κ3) is 2.85. The molecule has 5 nitrogen and oxygen atoms in total. The van der Waals surface area contributed by atoms with E-state index in [1.807, 2.05) is 0 Å². The first-order valence-corrected chi connectivity index (χ1v) is 6.55. The van der Waals surface area contributed by atoms with Crippen molar-refractivity contribution in [1.29, 1.82) is 0 Å². The van der Waals surface area contributed by atoms with E-state index in [1.54, 1.807) is 37.4 Å². The number of carboxylic acid groups (broad SMARTS) is 1. The standard InChI is InChI=1S/C14H11BrN2O3/c1-8-9(14(19)20)4-2-6-11(8)17-13(18)10-5-3-7-16-12(10)15/h2-7H,1H3,(H,17,18)(H,19,20). The number of benzene rings is 1. The van der Waals surface area contributed by atoms with Crippen molar-refractivity contribution in [1.82, 2.24) is 4.98 Å². The zero-order valence-corrected chi connectivity index (χ0v) is 12.1. The van der Waals surface area contributed by atoms with Crippen molar-refractivity contribution in [2.75, 3.05) is 5.32 Å². The molecule has 0 atom stereocenters. The van der Waals surface area contributed by atoms with Gasteiger partial charge in [-0.15, -0.1) is 0 Å². The van der Waals surface area contributed by atoms with Crippen molar-refractivity contribution in [3.63, 3.8) is 0 Å². The van der Waals surface area contributed by atoms with E-state index < -0.39 is 5.97 Å². The predicted molar refractivity (Wildman–Crippen MR) is 78.0 cm³/mol. The Hall–Kier alpha value is -2.21. The first-order valence-electron chi connectivity index (χ1n) is 5.75. The molecule has 0 aliphatic carbocycles. The van der Waals surface area contributed by atoms with Crippen LogP contribution in [0.3, 0.4) is 0 Å². The fourth-order valence-corrected chi connectivity index (χ4v) is 2.18. The van der Waals surface area contributed by atoms with Crippen LogP contribution in [0.1, 0.15) is 26.3 Å². The van der Waals surface area contributed by atoms with Gasteiger partial charge >= 0.3 is 5.97 Å². The van der Waals surface area contributed by atoms with Gasteiger partial charge in [-0.3, -0.25) is 4.79 Å². The summed E-state index contributed by atoms with van der Waals surface area (Å²) in [6.07, 6.45) is 1.57. The number of aromatic nitrogens is 1. The molecule has 102 valence electrons. The molecule has 2 rings (SSSR count). The average Bonchev–Trinajstić information content (AvgIpc) is 2.41. The number of halogens is 1. The Bertz CT molecular complexity index is 686. The van der Waals surface area contributed by atoms with E-state index in [1.165, 1.54) is 6.07 Å². The number of anilines is 1. The number of carboxylic acids is 1. The normalized spacial score (nSPS) is 10.1. The summed E-state index contributed by atoms with van der Waals surface area (Å²) in [5, 5.41) is 11.7. The minimum Gasteiger partial charge on any atom is -0.478 e. The highest BCUT2D eigenvalue weighted by Gasteiger charge is 2.14. The van der Waals surface area contributed by atoms with Crippen LogP contribution in [0.2, 0.25) is 0 Å². The van der Waals surface area contributed by atoms with Gasteiger partial charge in [-0.2, -0.15) is 0 Å². The van der Waals surface area contributed by atoms with Crippen LogP contribution in [0.4, 0.5) is 5.69 Å². The van der Waals surface area contributed by atoms with Crippen molar-refractivity contribution >= 4 is 33.5 Å². The number of aromatic carboxylic acids is 1. The number of rotatable bonds is 3. The van der Waals surface area contributed by atoms with Gasteiger partial charge in [0.1, 0.15) is 4.60 Å². The number of carbonyl (C=O) groups is 2. The van der Waals surface area contributed by atoms with E-state index in [-0.39, 0.29) is 11.5 Å². The van der Waals surface area contributed by atoms with Crippen molar-refractivity contribution in [3.8, 4) is 0 Å². The van der Waals surface area contributed by atoms with Gasteiger partial charge in [0, 0.05) is 11.9 Å². The van der Waals surface area contributed by atoms with Crippen LogP contribution < -0.4 is 5.32 Å². The number of nitrogens with one attached hydrogen (secondary N) is 1. The molecule has 0 fully saturated rings. The van der Waals surface area contributed by atoms with Gasteiger partial charge in [0.2, 0.25) is 0 Å². The Morgan fingerprint density at radius 3 is 2.55 bits per heavy atom. The second kappa shape index (κ2) is 5.83. The largest absolute Gasteiger partial charge is 0.478 e. The monoisotopic (exact) mass is 334 g/mol. The highest BCUT2D eigenvalue weighted by atomic mass is 79.9. The SMILES string of the molecule is Cc1c(NC(=O)c2cccnc2Br)cccc1C(=O)O. The molecule has 0 bridgehead atoms. The zero-order chi connectivity index (χ0) is 14.7. The summed E-state index contributed by atoms with van der Waals surface area (Å²) in [5.74, 6) is -1.38. The summed E-state index contributed by atoms with van der Waals surface area (Å²) in [6.45, 7) is 1.65. The Balaban J connectivity index is 2.32. The van der Waals surface area contributed by atoms with Crippen LogP contribution in [0.15, 0.2) is 41.1 Å². The molecular weight excluding hydrogens is 324 g/mol. The number of amides is 1. The molecule has 0 radical (unpaired) electrons. The second-order valence-corrected chi connectivity index (χ2v) is 4.83. The van der Waals surface area contributed by atoms with Crippen LogP contribution in [0, 0.1) is 6.92 Å². The lowest BCUT2D eigenvalue weighted by molar-refractivity contribution is 0.0695. The maximum atomic E-state index is 12.1. The lowest BCUT2D eigenvalue weighted by Gasteiger charge is -2.10. The smallest absolute Gasteiger partial charge is 0.336 e. The summed E-state index contributed by atoms with van der Waals surface area (Å²) in [6, 6.07) is 8.02. The molecule has 0 unspecified atom stereocenters. The molecule has 0 saturated heterocycles. The van der Waals surface area contributed by atoms with Crippen LogP contribution in [-0.4, -0.2) is 22.0 Å². The molecule has 2 aromatic rings. The lowest BCUT2D eigenvalue weighted by atomic mass is 10.1. The zero-order valence-electron chi connectivity index (χ0n) is 10.6. The fourth-order valence-electron chi connectivity index (χ4n) is 1.75. The molecule has 1 heterocycles. The van der Waals surface area contributed by atoms with Crippen LogP contribution in [-0.2, 0) is 0 Å². The van der Waals surface area contributed by atoms with Crippen molar-refractivity contribution < 1.29 is 14.7 Å². The number of pyridine rings is 1. The molecule has 1 aromatic heterocycles. The minimum absolute atomic E-state index is 0.160. The van der Waals surface area contributed by atoms with Crippen molar-refractivity contribution in [3.05, 3.63) is 57.8 Å². The minimum atomic E-state index is -1.03. The van der Waals surface area contributed by atoms with Gasteiger partial charge in [-0.25, -0.2) is 9.78 Å². The maximum Gasteiger partial charge on any atom is 0.336 e. The van der Waals surface area contributed by atoms with Crippen LogP contribution in [0.25, 0.3) is 0 Å². The molecule has 0 aliphatic rings. The predicted octanol–water partition coefficient (Wildman–Crippen LogP) is 3.10. The maximum absolute atomic E-state index is 12.1. The molecule has 6 heteroatoms. The van der Waals surface area contributed by atoms with E-state index in [4.69, 9.17) is 5.11 Å². The van der Waals surface area contributed by atoms with Gasteiger partial charge in [-0.1, -0.05) is 6.07 Å². The Kier molecular flexibility index (Phi) is 4.14. The van der Waals surface area contributed by atoms with Gasteiger partial charge in [0.05, 0.1) is 11.1 Å². The Morgan fingerprint density at radius 1 is 1.20 bits per heavy atom. The number of hydrogen-bond donors (Lipinski definition) is 2. The summed E-state index contributed by atoms with van der Waals surface area (Å²) in [7, 11) is 0. The van der Waals surface area contributed by atoms with E-state index >= 15 is 0 Å². The summed E-state index contributed by atoms with van der Waals surface area (Å²) >= 11 is 3.20. The van der Waals surface area contributed by atoms with E-state index in [9.17, 15) is 9.59 Å². The van der Waals surface area contributed by atoms with Crippen molar-refractivity contribution in [2.45, 2.75) is 6.92 Å². The van der Waals surface area contributed by atoms with Gasteiger partial charge in [-0.05, 0) is 52.7 Å². The van der Waals surface area contributed by atoms with Gasteiger partial charge in [0.25, 0.3) is 5.91 Å². The number of nitrogens with zero attached hydrogens (tertiary/aromatic N) is 1. The van der Waals surface area contributed by atoms with E-state index in [0.29, 0.717) is 21.4 Å². The molecule has 1 amide bonds. The first kappa shape index (κ1) is 14.2. The summed E-state index contributed by atoms with van der Waals surface area (Å²) in [5.41, 5.74) is 1.51. The van der Waals surface area contributed by atoms with Crippen molar-refractivity contribution in [2.24, 2.45) is 0 Å². The average molecular weight is 335 g/mol. The van der Waals surface area contributed by atoms with Crippen LogP contribution in [0.5, 0.6) is 0 Å². The molecule has 1 aromatic carbocycles. The molecule has 2 N–H and O–H groups in total. The van der Waals surface area contributed by atoms with E-state index in [2.05, 4.69) is 26.2 Å². The molecule has 20 heavy (non-hydrogen) atoms. The summed E-state index contributed by atoms with van der Waals surface area (Å²) < 4.78 is 0.435. The summed E-state index contributed by atoms with van der Waals surface area (Å²) in [4.78, 5) is 27.2. The Labute approximate surface area is 123 Å². The molecule has 0 saturated carbocycles. The van der Waals surface area contributed by atoms with Gasteiger partial charge < -0.3 is 10.4 Å². The second-order valence-electron chi connectivity index (χ2n) is 4.08. The molecule has 0 aliphatic heterocycles. The number of carbonyl (C=O) groups excluding carboxylic acids is 1. The number of hydrogen-bond acceptors (Lipinski definition) is 3. The fraction of sp³-hybridized carbons (Fsp3) is 0.0714. The van der Waals surface area contributed by atoms with Crippen LogP contribution >= 0.6 is 15.9 Å². The third-order valence-corrected chi connectivity index (χ3v) is 3.45. The highest BCUT2D eigenvalue weighted by molar-refractivity contribution is 9.10. The highest BCUT2D eigenvalue weighted by Crippen LogP contribution is 2.21. The third-order valence-electron chi connectivity index (χ3n) is 2.82. The Morgan fingerprint density at radius 2 is 1.90 bits per heavy atom. The molecular formula is C14H11BrN2O3. The lowest BCUT2D eigenvalue weighted by Crippen LogP contribution is -2.15.